The molecule has 0 saturated carbocycles. The number of hydrogen-bond donors (Lipinski definition) is 1. The molecule has 3 aromatic rings. The Bertz CT molecular complexity index is 1040. The van der Waals surface area contributed by atoms with E-state index in [-0.39, 0.29) is 11.7 Å². The number of nitrogens with one attached hydrogen (secondary N) is 1. The number of ether oxygens (including phenoxy) is 3. The van der Waals surface area contributed by atoms with Gasteiger partial charge in [0.15, 0.2) is 22.5 Å². The third kappa shape index (κ3) is 5.42. The van der Waals surface area contributed by atoms with Gasteiger partial charge in [-0.15, -0.1) is 16.8 Å². The summed E-state index contributed by atoms with van der Waals surface area (Å²) in [7, 11) is 4.67. The molecule has 0 spiro atoms. The van der Waals surface area contributed by atoms with E-state index in [0.717, 1.165) is 11.1 Å². The van der Waals surface area contributed by atoms with Crippen LogP contribution in [0.4, 0.5) is 0 Å². The van der Waals surface area contributed by atoms with Crippen LogP contribution in [0.25, 0.3) is 11.4 Å². The van der Waals surface area contributed by atoms with Gasteiger partial charge in [0, 0.05) is 18.7 Å². The summed E-state index contributed by atoms with van der Waals surface area (Å²) in [5.41, 5.74) is 1.79. The van der Waals surface area contributed by atoms with E-state index in [0.29, 0.717) is 41.3 Å². The first-order valence-electron chi connectivity index (χ1n) is 9.89. The minimum Gasteiger partial charge on any atom is -0.493 e. The fourth-order valence-corrected chi connectivity index (χ4v) is 3.87. The summed E-state index contributed by atoms with van der Waals surface area (Å²) >= 11 is 1.32. The van der Waals surface area contributed by atoms with Gasteiger partial charge in [0.05, 0.1) is 27.1 Å². The standard InChI is InChI=1S/C23H26N4O4S/c1-5-11-27-22(17-12-18(29-2)21(31-4)19(13-17)30-3)25-26-23(27)32-15-20(28)24-14-16-9-7-6-8-10-16/h5-10,12-13H,1,11,14-15H2,2-4H3,(H,24,28). The summed E-state index contributed by atoms with van der Waals surface area (Å²) in [6.45, 7) is 4.79. The minimum atomic E-state index is -0.0821. The number of thioether (sulfide) groups is 1. The first-order valence-corrected chi connectivity index (χ1v) is 10.9. The second-order valence-electron chi connectivity index (χ2n) is 6.67. The molecule has 0 fully saturated rings. The number of methoxy groups -OCH3 is 3. The summed E-state index contributed by atoms with van der Waals surface area (Å²) in [6.07, 6.45) is 1.75. The zero-order valence-corrected chi connectivity index (χ0v) is 19.1. The van der Waals surface area contributed by atoms with Crippen LogP contribution in [0, 0.1) is 0 Å². The average Bonchev–Trinajstić information content (AvgIpc) is 3.23. The van der Waals surface area contributed by atoms with Gasteiger partial charge in [0.1, 0.15) is 0 Å². The molecule has 3 rings (SSSR count). The van der Waals surface area contributed by atoms with Gasteiger partial charge in [0.2, 0.25) is 11.7 Å². The molecule has 1 heterocycles. The molecule has 0 aliphatic heterocycles. The lowest BCUT2D eigenvalue weighted by Crippen LogP contribution is -2.24. The normalized spacial score (nSPS) is 10.5. The smallest absolute Gasteiger partial charge is 0.230 e. The van der Waals surface area contributed by atoms with Crippen molar-refractivity contribution in [3.63, 3.8) is 0 Å². The molecule has 0 aliphatic rings. The summed E-state index contributed by atoms with van der Waals surface area (Å²) in [5.74, 6) is 2.28. The quantitative estimate of drug-likeness (QED) is 0.350. The Morgan fingerprint density at radius 1 is 1.09 bits per heavy atom. The van der Waals surface area contributed by atoms with Crippen LogP contribution < -0.4 is 19.5 Å². The van der Waals surface area contributed by atoms with E-state index in [2.05, 4.69) is 22.1 Å². The number of carbonyl (C=O) groups is 1. The van der Waals surface area contributed by atoms with Crippen molar-refractivity contribution in [1.82, 2.24) is 20.1 Å². The van der Waals surface area contributed by atoms with Crippen LogP contribution in [0.1, 0.15) is 5.56 Å². The maximum atomic E-state index is 12.3. The fraction of sp³-hybridized carbons (Fsp3) is 0.261. The SMILES string of the molecule is C=CCn1c(SCC(=O)NCc2ccccc2)nnc1-c1cc(OC)c(OC)c(OC)c1. The Morgan fingerprint density at radius 3 is 2.38 bits per heavy atom. The lowest BCUT2D eigenvalue weighted by Gasteiger charge is -2.14. The van der Waals surface area contributed by atoms with E-state index in [1.54, 1.807) is 27.4 Å². The van der Waals surface area contributed by atoms with Gasteiger partial charge in [0.25, 0.3) is 0 Å². The van der Waals surface area contributed by atoms with Gasteiger partial charge in [-0.05, 0) is 17.7 Å². The Morgan fingerprint density at radius 2 is 1.78 bits per heavy atom. The second kappa shape index (κ2) is 11.2. The highest BCUT2D eigenvalue weighted by Gasteiger charge is 2.20. The van der Waals surface area contributed by atoms with Gasteiger partial charge in [-0.2, -0.15) is 0 Å². The highest BCUT2D eigenvalue weighted by molar-refractivity contribution is 7.99. The lowest BCUT2D eigenvalue weighted by atomic mass is 10.1. The fourth-order valence-electron chi connectivity index (χ4n) is 3.09. The molecule has 168 valence electrons. The predicted octanol–water partition coefficient (Wildman–Crippen LogP) is 3.57. The molecule has 32 heavy (non-hydrogen) atoms. The van der Waals surface area contributed by atoms with Crippen LogP contribution in [-0.2, 0) is 17.9 Å². The minimum absolute atomic E-state index is 0.0821. The molecule has 0 aliphatic carbocycles. The molecule has 0 radical (unpaired) electrons. The van der Waals surface area contributed by atoms with Crippen LogP contribution in [-0.4, -0.2) is 47.8 Å². The van der Waals surface area contributed by atoms with E-state index >= 15 is 0 Å². The first kappa shape index (κ1) is 23.2. The number of hydrogen-bond acceptors (Lipinski definition) is 7. The number of aromatic nitrogens is 3. The van der Waals surface area contributed by atoms with Crippen LogP contribution in [0.15, 0.2) is 60.3 Å². The molecule has 1 amide bonds. The highest BCUT2D eigenvalue weighted by Crippen LogP contribution is 2.41. The number of carbonyl (C=O) groups excluding carboxylic acids is 1. The van der Waals surface area contributed by atoms with Crippen molar-refractivity contribution in [2.24, 2.45) is 0 Å². The topological polar surface area (TPSA) is 87.5 Å². The van der Waals surface area contributed by atoms with Gasteiger partial charge in [-0.1, -0.05) is 48.2 Å². The molecular formula is C23H26N4O4S. The van der Waals surface area contributed by atoms with E-state index in [1.165, 1.54) is 11.8 Å². The Labute approximate surface area is 191 Å². The second-order valence-corrected chi connectivity index (χ2v) is 7.61. The molecule has 0 bridgehead atoms. The van der Waals surface area contributed by atoms with Crippen molar-refractivity contribution in [2.75, 3.05) is 27.1 Å². The molecule has 8 nitrogen and oxygen atoms in total. The summed E-state index contributed by atoms with van der Waals surface area (Å²) in [4.78, 5) is 12.3. The first-order chi connectivity index (χ1) is 15.6. The van der Waals surface area contributed by atoms with Crippen LogP contribution in [0.3, 0.4) is 0 Å². The number of benzene rings is 2. The van der Waals surface area contributed by atoms with Crippen molar-refractivity contribution >= 4 is 17.7 Å². The largest absolute Gasteiger partial charge is 0.493 e. The molecule has 0 atom stereocenters. The van der Waals surface area contributed by atoms with Crippen molar-refractivity contribution in [2.45, 2.75) is 18.2 Å². The zero-order chi connectivity index (χ0) is 22.9. The molecule has 1 aromatic heterocycles. The predicted molar refractivity (Wildman–Crippen MR) is 124 cm³/mol. The molecule has 0 unspecified atom stereocenters. The maximum Gasteiger partial charge on any atom is 0.230 e. The van der Waals surface area contributed by atoms with Crippen LogP contribution in [0.5, 0.6) is 17.2 Å². The Kier molecular flexibility index (Phi) is 8.15. The molecule has 9 heteroatoms. The summed E-state index contributed by atoms with van der Waals surface area (Å²) in [5, 5.41) is 12.2. The van der Waals surface area contributed by atoms with Crippen molar-refractivity contribution in [3.05, 3.63) is 60.7 Å². The van der Waals surface area contributed by atoms with E-state index in [4.69, 9.17) is 14.2 Å². The number of amides is 1. The summed E-state index contributed by atoms with van der Waals surface area (Å²) in [6, 6.07) is 13.4. The Hall–Kier alpha value is -3.46. The van der Waals surface area contributed by atoms with E-state index in [1.807, 2.05) is 47.0 Å². The third-order valence-electron chi connectivity index (χ3n) is 4.62. The number of rotatable bonds is 11. The van der Waals surface area contributed by atoms with Crippen LogP contribution in [0.2, 0.25) is 0 Å². The molecule has 1 N–H and O–H groups in total. The third-order valence-corrected chi connectivity index (χ3v) is 5.58. The monoisotopic (exact) mass is 454 g/mol. The maximum absolute atomic E-state index is 12.3. The molecule has 0 saturated heterocycles. The van der Waals surface area contributed by atoms with E-state index in [9.17, 15) is 4.79 Å². The van der Waals surface area contributed by atoms with Gasteiger partial charge >= 0.3 is 0 Å². The van der Waals surface area contributed by atoms with Crippen LogP contribution >= 0.6 is 11.8 Å². The van der Waals surface area contributed by atoms with Crippen molar-refractivity contribution in [3.8, 4) is 28.6 Å². The zero-order valence-electron chi connectivity index (χ0n) is 18.3. The Balaban J connectivity index is 1.78. The van der Waals surface area contributed by atoms with E-state index < -0.39 is 0 Å². The van der Waals surface area contributed by atoms with Gasteiger partial charge in [-0.25, -0.2) is 0 Å². The number of allylic oxidation sites excluding steroid dienone is 1. The molecule has 2 aromatic carbocycles. The highest BCUT2D eigenvalue weighted by atomic mass is 32.2. The summed E-state index contributed by atoms with van der Waals surface area (Å²) < 4.78 is 18.2. The van der Waals surface area contributed by atoms with Crippen molar-refractivity contribution < 1.29 is 19.0 Å². The lowest BCUT2D eigenvalue weighted by molar-refractivity contribution is -0.118. The number of nitrogens with zero attached hydrogens (tertiary/aromatic N) is 3. The van der Waals surface area contributed by atoms with Crippen molar-refractivity contribution in [1.29, 1.82) is 0 Å². The van der Waals surface area contributed by atoms with Gasteiger partial charge in [-0.3, -0.25) is 9.36 Å². The average molecular weight is 455 g/mol. The van der Waals surface area contributed by atoms with Gasteiger partial charge < -0.3 is 19.5 Å². The molecular weight excluding hydrogens is 428 g/mol.